The van der Waals surface area contributed by atoms with Crippen LogP contribution in [0, 0.1) is 0 Å². The summed E-state index contributed by atoms with van der Waals surface area (Å²) in [5, 5.41) is 0. The largest absolute Gasteiger partial charge is 0.462 e. The average Bonchev–Trinajstić information content (AvgIpc) is 2.01. The summed E-state index contributed by atoms with van der Waals surface area (Å²) in [6.45, 7) is 2.62. The highest BCUT2D eigenvalue weighted by molar-refractivity contribution is 5.66. The summed E-state index contributed by atoms with van der Waals surface area (Å²) < 4.78 is 14.7. The number of hydrogen-bond donors (Lipinski definition) is 0. The summed E-state index contributed by atoms with van der Waals surface area (Å²) in [5.74, 6) is -0.796. The van der Waals surface area contributed by atoms with Crippen LogP contribution in [0.2, 0.25) is 0 Å². The summed E-state index contributed by atoms with van der Waals surface area (Å²) in [6.07, 6.45) is 2.24. The summed E-state index contributed by atoms with van der Waals surface area (Å²) in [7, 11) is 0. The number of esters is 2. The van der Waals surface area contributed by atoms with Gasteiger partial charge in [-0.2, -0.15) is 0 Å². The van der Waals surface area contributed by atoms with Crippen molar-refractivity contribution in [2.75, 3.05) is 0 Å². The minimum absolute atomic E-state index is 0.329. The second-order valence-electron chi connectivity index (χ2n) is 2.89. The lowest BCUT2D eigenvalue weighted by Crippen LogP contribution is -2.29. The van der Waals surface area contributed by atoms with E-state index in [-0.39, 0.29) is 12.1 Å². The molecule has 1 rings (SSSR count). The van der Waals surface area contributed by atoms with Gasteiger partial charge in [-0.05, 0) is 6.08 Å². The van der Waals surface area contributed by atoms with Crippen molar-refractivity contribution in [1.29, 1.82) is 0 Å². The molecular formula is C9H12O5. The zero-order valence-electron chi connectivity index (χ0n) is 8.06. The molecule has 0 unspecified atom stereocenters. The van der Waals surface area contributed by atoms with Crippen LogP contribution in [-0.2, 0) is 23.8 Å². The van der Waals surface area contributed by atoms with Crippen LogP contribution in [0.15, 0.2) is 12.3 Å². The molecule has 14 heavy (non-hydrogen) atoms. The standard InChI is InChI=1S/C9H12O5/c1-6(10)13-8-3-4-12-9(5-8)14-7(2)11/h3-4,8-9H,5H2,1-2H3/t8-,9-/m1/s1. The number of carbonyl (C=O) groups is 2. The lowest BCUT2D eigenvalue weighted by molar-refractivity contribution is -0.175. The van der Waals surface area contributed by atoms with E-state index in [2.05, 4.69) is 0 Å². The van der Waals surface area contributed by atoms with Gasteiger partial charge in [-0.25, -0.2) is 0 Å². The Balaban J connectivity index is 2.43. The molecule has 5 nitrogen and oxygen atoms in total. The van der Waals surface area contributed by atoms with Crippen molar-refractivity contribution in [3.05, 3.63) is 12.3 Å². The SMILES string of the molecule is CC(=O)O[C@@H]1C[C@H](OC(C)=O)C=CO1. The minimum atomic E-state index is -0.665. The summed E-state index contributed by atoms with van der Waals surface area (Å²) in [5.41, 5.74) is 0. The van der Waals surface area contributed by atoms with Gasteiger partial charge in [-0.15, -0.1) is 0 Å². The Hall–Kier alpha value is -1.52. The molecule has 0 N–H and O–H groups in total. The maximum Gasteiger partial charge on any atom is 0.305 e. The van der Waals surface area contributed by atoms with Gasteiger partial charge in [-0.1, -0.05) is 0 Å². The summed E-state index contributed by atoms with van der Waals surface area (Å²) >= 11 is 0. The van der Waals surface area contributed by atoms with Crippen molar-refractivity contribution in [3.8, 4) is 0 Å². The first kappa shape index (κ1) is 10.6. The van der Waals surface area contributed by atoms with Crippen molar-refractivity contribution in [2.24, 2.45) is 0 Å². The fourth-order valence-corrected chi connectivity index (χ4v) is 1.11. The van der Waals surface area contributed by atoms with Gasteiger partial charge >= 0.3 is 11.9 Å². The van der Waals surface area contributed by atoms with Gasteiger partial charge in [0.15, 0.2) is 0 Å². The summed E-state index contributed by atoms with van der Waals surface area (Å²) in [4.78, 5) is 21.2. The second kappa shape index (κ2) is 4.64. The average molecular weight is 200 g/mol. The van der Waals surface area contributed by atoms with Crippen LogP contribution in [0.4, 0.5) is 0 Å². The van der Waals surface area contributed by atoms with Crippen molar-refractivity contribution in [1.82, 2.24) is 0 Å². The molecule has 0 saturated heterocycles. The molecule has 1 aliphatic rings. The lowest BCUT2D eigenvalue weighted by Gasteiger charge is -2.24. The molecule has 0 bridgehead atoms. The maximum atomic E-state index is 10.6. The lowest BCUT2D eigenvalue weighted by atomic mass is 10.2. The molecule has 1 heterocycles. The van der Waals surface area contributed by atoms with E-state index in [1.807, 2.05) is 0 Å². The van der Waals surface area contributed by atoms with Crippen LogP contribution in [0.5, 0.6) is 0 Å². The van der Waals surface area contributed by atoms with Crippen molar-refractivity contribution < 1.29 is 23.8 Å². The monoisotopic (exact) mass is 200 g/mol. The van der Waals surface area contributed by atoms with Crippen molar-refractivity contribution in [2.45, 2.75) is 32.7 Å². The van der Waals surface area contributed by atoms with Gasteiger partial charge in [0.1, 0.15) is 6.10 Å². The van der Waals surface area contributed by atoms with Crippen LogP contribution >= 0.6 is 0 Å². The van der Waals surface area contributed by atoms with E-state index in [0.29, 0.717) is 6.42 Å². The molecular weight excluding hydrogens is 188 g/mol. The van der Waals surface area contributed by atoms with Gasteiger partial charge in [0.2, 0.25) is 6.29 Å². The highest BCUT2D eigenvalue weighted by Crippen LogP contribution is 2.15. The third kappa shape index (κ3) is 3.47. The maximum absolute atomic E-state index is 10.6. The second-order valence-corrected chi connectivity index (χ2v) is 2.89. The topological polar surface area (TPSA) is 61.8 Å². The molecule has 0 aromatic rings. The van der Waals surface area contributed by atoms with E-state index in [0.717, 1.165) is 0 Å². The predicted octanol–water partition coefficient (Wildman–Crippen LogP) is 0.741. The molecule has 0 amide bonds. The fourth-order valence-electron chi connectivity index (χ4n) is 1.11. The molecule has 78 valence electrons. The van der Waals surface area contributed by atoms with Crippen LogP contribution in [-0.4, -0.2) is 24.3 Å². The minimum Gasteiger partial charge on any atom is -0.462 e. The first-order valence-electron chi connectivity index (χ1n) is 4.24. The smallest absolute Gasteiger partial charge is 0.305 e. The normalized spacial score (nSPS) is 25.0. The highest BCUT2D eigenvalue weighted by atomic mass is 16.7. The Morgan fingerprint density at radius 3 is 2.50 bits per heavy atom. The number of rotatable bonds is 2. The van der Waals surface area contributed by atoms with Gasteiger partial charge in [0.25, 0.3) is 0 Å². The Kier molecular flexibility index (Phi) is 3.50. The van der Waals surface area contributed by atoms with Crippen LogP contribution < -0.4 is 0 Å². The number of hydrogen-bond acceptors (Lipinski definition) is 5. The first-order chi connectivity index (χ1) is 6.58. The van der Waals surface area contributed by atoms with E-state index in [1.54, 1.807) is 6.08 Å². The van der Waals surface area contributed by atoms with Crippen LogP contribution in [0.1, 0.15) is 20.3 Å². The Bertz CT molecular complexity index is 258. The van der Waals surface area contributed by atoms with Crippen molar-refractivity contribution >= 4 is 11.9 Å². The third-order valence-electron chi connectivity index (χ3n) is 1.56. The van der Waals surface area contributed by atoms with Crippen molar-refractivity contribution in [3.63, 3.8) is 0 Å². The van der Waals surface area contributed by atoms with Gasteiger partial charge < -0.3 is 14.2 Å². The molecule has 0 spiro atoms. The molecule has 0 saturated carbocycles. The molecule has 5 heteroatoms. The summed E-state index contributed by atoms with van der Waals surface area (Å²) in [6, 6.07) is 0. The van der Waals surface area contributed by atoms with E-state index in [4.69, 9.17) is 14.2 Å². The molecule has 0 aliphatic carbocycles. The van der Waals surface area contributed by atoms with Gasteiger partial charge in [0, 0.05) is 13.8 Å². The Morgan fingerprint density at radius 2 is 1.93 bits per heavy atom. The molecule has 0 fully saturated rings. The molecule has 1 aliphatic heterocycles. The molecule has 0 radical (unpaired) electrons. The van der Waals surface area contributed by atoms with E-state index < -0.39 is 12.3 Å². The predicted molar refractivity (Wildman–Crippen MR) is 46.0 cm³/mol. The quantitative estimate of drug-likeness (QED) is 0.615. The zero-order valence-corrected chi connectivity index (χ0v) is 8.06. The van der Waals surface area contributed by atoms with Gasteiger partial charge in [-0.3, -0.25) is 9.59 Å². The zero-order chi connectivity index (χ0) is 10.6. The fraction of sp³-hybridized carbons (Fsp3) is 0.556. The Morgan fingerprint density at radius 1 is 1.29 bits per heavy atom. The molecule has 0 aromatic carbocycles. The van der Waals surface area contributed by atoms with E-state index >= 15 is 0 Å². The molecule has 0 aromatic heterocycles. The third-order valence-corrected chi connectivity index (χ3v) is 1.56. The van der Waals surface area contributed by atoms with Crippen LogP contribution in [0.3, 0.4) is 0 Å². The number of carbonyl (C=O) groups excluding carboxylic acids is 2. The number of ether oxygens (including phenoxy) is 3. The van der Waals surface area contributed by atoms with E-state index in [1.165, 1.54) is 20.1 Å². The van der Waals surface area contributed by atoms with Gasteiger partial charge in [0.05, 0.1) is 12.7 Å². The Labute approximate surface area is 81.6 Å². The highest BCUT2D eigenvalue weighted by Gasteiger charge is 2.23. The first-order valence-corrected chi connectivity index (χ1v) is 4.24. The van der Waals surface area contributed by atoms with Crippen LogP contribution in [0.25, 0.3) is 0 Å². The van der Waals surface area contributed by atoms with E-state index in [9.17, 15) is 9.59 Å². The molecule has 2 atom stereocenters.